The summed E-state index contributed by atoms with van der Waals surface area (Å²) in [6.07, 6.45) is 2.52. The number of aliphatic imine (C=N–C) groups is 1. The van der Waals surface area contributed by atoms with E-state index in [1.807, 2.05) is 18.5 Å². The molecule has 166 valence electrons. The average molecular weight is 525 g/mol. The number of nitrogens with zero attached hydrogens (tertiary/aromatic N) is 5. The van der Waals surface area contributed by atoms with Crippen LogP contribution < -0.4 is 10.6 Å². The molecule has 1 unspecified atom stereocenters. The second-order valence-electron chi connectivity index (χ2n) is 7.98. The molecule has 0 spiro atoms. The fourth-order valence-electron chi connectivity index (χ4n) is 3.89. The van der Waals surface area contributed by atoms with Gasteiger partial charge < -0.3 is 15.2 Å². The van der Waals surface area contributed by atoms with E-state index in [0.717, 1.165) is 30.7 Å². The second-order valence-corrected chi connectivity index (χ2v) is 7.98. The molecule has 3 rings (SSSR count). The molecule has 0 radical (unpaired) electrons. The summed E-state index contributed by atoms with van der Waals surface area (Å²) in [5, 5.41) is 15.4. The molecular weight excluding hydrogens is 489 g/mol. The van der Waals surface area contributed by atoms with Crippen molar-refractivity contribution in [2.24, 2.45) is 12.0 Å². The Morgan fingerprint density at radius 3 is 2.67 bits per heavy atom. The van der Waals surface area contributed by atoms with Crippen LogP contribution in [0.4, 0.5) is 0 Å². The van der Waals surface area contributed by atoms with Crippen molar-refractivity contribution in [2.75, 3.05) is 19.6 Å². The van der Waals surface area contributed by atoms with Crippen LogP contribution in [0, 0.1) is 20.8 Å². The van der Waals surface area contributed by atoms with Gasteiger partial charge in [-0.05, 0) is 57.8 Å². The lowest BCUT2D eigenvalue weighted by Crippen LogP contribution is -2.44. The summed E-state index contributed by atoms with van der Waals surface area (Å²) in [7, 11) is 1.99. The van der Waals surface area contributed by atoms with E-state index in [1.165, 1.54) is 36.1 Å². The Kier molecular flexibility index (Phi) is 9.54. The molecular formula is C22H36IN7. The molecule has 0 aliphatic carbocycles. The molecule has 0 saturated carbocycles. The first kappa shape index (κ1) is 24.6. The van der Waals surface area contributed by atoms with E-state index >= 15 is 0 Å². The zero-order chi connectivity index (χ0) is 20.8. The van der Waals surface area contributed by atoms with Gasteiger partial charge in [0, 0.05) is 19.6 Å². The van der Waals surface area contributed by atoms with Gasteiger partial charge >= 0.3 is 0 Å². The number of aryl methyl sites for hydroxylation is 3. The van der Waals surface area contributed by atoms with Gasteiger partial charge in [0.1, 0.15) is 5.82 Å². The zero-order valence-corrected chi connectivity index (χ0v) is 21.2. The highest BCUT2D eigenvalue weighted by Crippen LogP contribution is 2.15. The maximum absolute atomic E-state index is 4.87. The highest BCUT2D eigenvalue weighted by molar-refractivity contribution is 14.0. The standard InChI is InChI=1S/C22H35N7.HI/c1-6-29-11-7-8-20(29)14-24-22(25-15-21-27-26-18(4)28(21)5)23-13-19-10-9-16(2)12-17(19)3;/h9-10,12,20H,6-8,11,13-15H2,1-5H3,(H2,23,24,25);1H. The van der Waals surface area contributed by atoms with E-state index in [9.17, 15) is 0 Å². The first-order valence-corrected chi connectivity index (χ1v) is 10.6. The van der Waals surface area contributed by atoms with Crippen molar-refractivity contribution in [2.45, 2.75) is 59.7 Å². The number of aromatic nitrogens is 3. The SMILES string of the molecule is CCN1CCCC1CNC(=NCc1ccc(C)cc1C)NCc1nnc(C)n1C.I. The van der Waals surface area contributed by atoms with Crippen molar-refractivity contribution in [3.8, 4) is 0 Å². The monoisotopic (exact) mass is 525 g/mol. The lowest BCUT2D eigenvalue weighted by molar-refractivity contribution is 0.267. The third-order valence-electron chi connectivity index (χ3n) is 5.91. The number of hydrogen-bond acceptors (Lipinski definition) is 4. The van der Waals surface area contributed by atoms with Gasteiger partial charge in [0.25, 0.3) is 0 Å². The summed E-state index contributed by atoms with van der Waals surface area (Å²) < 4.78 is 2.00. The third-order valence-corrected chi connectivity index (χ3v) is 5.91. The van der Waals surface area contributed by atoms with Crippen molar-refractivity contribution < 1.29 is 0 Å². The highest BCUT2D eigenvalue weighted by atomic mass is 127. The Balaban J connectivity index is 0.00000320. The molecule has 2 heterocycles. The fraction of sp³-hybridized carbons (Fsp3) is 0.591. The number of hydrogen-bond donors (Lipinski definition) is 2. The third kappa shape index (κ3) is 6.41. The van der Waals surface area contributed by atoms with Gasteiger partial charge in [-0.3, -0.25) is 4.90 Å². The van der Waals surface area contributed by atoms with Gasteiger partial charge in [-0.15, -0.1) is 34.2 Å². The number of likely N-dealkylation sites (N-methyl/N-ethyl adjacent to an activating group) is 1. The molecule has 1 aromatic heterocycles. The van der Waals surface area contributed by atoms with Gasteiger partial charge in [0.05, 0.1) is 13.1 Å². The van der Waals surface area contributed by atoms with Crippen molar-refractivity contribution in [3.63, 3.8) is 0 Å². The van der Waals surface area contributed by atoms with E-state index in [1.54, 1.807) is 0 Å². The predicted octanol–water partition coefficient (Wildman–Crippen LogP) is 3.08. The Morgan fingerprint density at radius 1 is 1.20 bits per heavy atom. The van der Waals surface area contributed by atoms with Crippen LogP contribution >= 0.6 is 24.0 Å². The molecule has 2 N–H and O–H groups in total. The maximum atomic E-state index is 4.87. The molecule has 1 atom stereocenters. The van der Waals surface area contributed by atoms with E-state index in [-0.39, 0.29) is 24.0 Å². The highest BCUT2D eigenvalue weighted by Gasteiger charge is 2.22. The van der Waals surface area contributed by atoms with Crippen LogP contribution in [-0.4, -0.2) is 51.3 Å². The number of likely N-dealkylation sites (tertiary alicyclic amines) is 1. The van der Waals surface area contributed by atoms with Gasteiger partial charge in [-0.2, -0.15) is 0 Å². The number of nitrogens with one attached hydrogen (secondary N) is 2. The summed E-state index contributed by atoms with van der Waals surface area (Å²) >= 11 is 0. The lowest BCUT2D eigenvalue weighted by atomic mass is 10.1. The molecule has 1 fully saturated rings. The molecule has 1 aliphatic rings. The van der Waals surface area contributed by atoms with Gasteiger partial charge in [-0.1, -0.05) is 30.7 Å². The van der Waals surface area contributed by atoms with Crippen LogP contribution in [0.3, 0.4) is 0 Å². The molecule has 0 amide bonds. The van der Waals surface area contributed by atoms with Crippen molar-refractivity contribution in [3.05, 3.63) is 46.5 Å². The fourth-order valence-corrected chi connectivity index (χ4v) is 3.89. The summed E-state index contributed by atoms with van der Waals surface area (Å²) in [5.74, 6) is 2.64. The normalized spacial score (nSPS) is 17.1. The molecule has 30 heavy (non-hydrogen) atoms. The minimum Gasteiger partial charge on any atom is -0.355 e. The summed E-state index contributed by atoms with van der Waals surface area (Å²) in [6, 6.07) is 7.11. The first-order valence-electron chi connectivity index (χ1n) is 10.6. The smallest absolute Gasteiger partial charge is 0.192 e. The van der Waals surface area contributed by atoms with E-state index in [0.29, 0.717) is 19.1 Å². The Labute approximate surface area is 197 Å². The first-order chi connectivity index (χ1) is 14.0. The molecule has 1 saturated heterocycles. The van der Waals surface area contributed by atoms with Crippen LogP contribution in [0.15, 0.2) is 23.2 Å². The summed E-state index contributed by atoms with van der Waals surface area (Å²) in [6.45, 7) is 12.9. The van der Waals surface area contributed by atoms with Crippen LogP contribution in [0.25, 0.3) is 0 Å². The van der Waals surface area contributed by atoms with Crippen LogP contribution in [-0.2, 0) is 20.1 Å². The molecule has 2 aromatic rings. The van der Waals surface area contributed by atoms with E-state index in [4.69, 9.17) is 4.99 Å². The van der Waals surface area contributed by atoms with Crippen LogP contribution in [0.5, 0.6) is 0 Å². The van der Waals surface area contributed by atoms with Crippen LogP contribution in [0.1, 0.15) is 48.1 Å². The zero-order valence-electron chi connectivity index (χ0n) is 18.9. The van der Waals surface area contributed by atoms with Crippen molar-refractivity contribution >= 4 is 29.9 Å². The number of rotatable bonds is 7. The molecule has 7 nitrogen and oxygen atoms in total. The van der Waals surface area contributed by atoms with E-state index in [2.05, 4.69) is 64.7 Å². The minimum absolute atomic E-state index is 0. The second kappa shape index (κ2) is 11.6. The number of halogens is 1. The lowest BCUT2D eigenvalue weighted by Gasteiger charge is -2.24. The topological polar surface area (TPSA) is 70.4 Å². The Hall–Kier alpha value is -1.68. The van der Waals surface area contributed by atoms with Gasteiger partial charge in [0.15, 0.2) is 11.8 Å². The largest absolute Gasteiger partial charge is 0.355 e. The van der Waals surface area contributed by atoms with Crippen molar-refractivity contribution in [1.82, 2.24) is 30.3 Å². The van der Waals surface area contributed by atoms with Crippen molar-refractivity contribution in [1.29, 1.82) is 0 Å². The molecule has 8 heteroatoms. The molecule has 0 bridgehead atoms. The van der Waals surface area contributed by atoms with Crippen LogP contribution in [0.2, 0.25) is 0 Å². The van der Waals surface area contributed by atoms with Gasteiger partial charge in [0.2, 0.25) is 0 Å². The predicted molar refractivity (Wildman–Crippen MR) is 133 cm³/mol. The molecule has 1 aliphatic heterocycles. The summed E-state index contributed by atoms with van der Waals surface area (Å²) in [4.78, 5) is 7.41. The quantitative estimate of drug-likeness (QED) is 0.331. The summed E-state index contributed by atoms with van der Waals surface area (Å²) in [5.41, 5.74) is 3.82. The van der Waals surface area contributed by atoms with Gasteiger partial charge in [-0.25, -0.2) is 4.99 Å². The molecule has 1 aromatic carbocycles. The number of guanidine groups is 1. The minimum atomic E-state index is 0. The number of benzene rings is 1. The Morgan fingerprint density at radius 2 is 2.00 bits per heavy atom. The maximum Gasteiger partial charge on any atom is 0.192 e. The average Bonchev–Trinajstić information content (AvgIpc) is 3.29. The Bertz CT molecular complexity index is 846. The van der Waals surface area contributed by atoms with E-state index < -0.39 is 0 Å².